The molecule has 4 fully saturated rings. The van der Waals surface area contributed by atoms with Crippen molar-refractivity contribution in [2.45, 2.75) is 148 Å². The molecule has 3 atom stereocenters. The normalized spacial score (nSPS) is 17.3. The lowest BCUT2D eigenvalue weighted by Crippen LogP contribution is -2.46. The van der Waals surface area contributed by atoms with E-state index in [0.29, 0.717) is 81.5 Å². The molecule has 8 aromatic heterocycles. The summed E-state index contributed by atoms with van der Waals surface area (Å²) in [5.74, 6) is 3.65. The van der Waals surface area contributed by atoms with Crippen LogP contribution in [-0.4, -0.2) is 180 Å². The van der Waals surface area contributed by atoms with E-state index in [2.05, 4.69) is 122 Å². The molecule has 27 heteroatoms. The highest BCUT2D eigenvalue weighted by molar-refractivity contribution is 5.93. The van der Waals surface area contributed by atoms with Crippen molar-refractivity contribution in [1.29, 1.82) is 0 Å². The van der Waals surface area contributed by atoms with Crippen molar-refractivity contribution in [3.63, 3.8) is 0 Å². The zero-order valence-electron chi connectivity index (χ0n) is 84.8. The average molecular weight is 1970 g/mol. The quantitative estimate of drug-likeness (QED) is 0.0690. The van der Waals surface area contributed by atoms with Crippen LogP contribution >= 0.6 is 0 Å². The third-order valence-corrected chi connectivity index (χ3v) is 31.5. The summed E-state index contributed by atoms with van der Waals surface area (Å²) in [6.45, 7) is 11.1. The Morgan fingerprint density at radius 2 is 0.551 bits per heavy atom. The second-order valence-electron chi connectivity index (χ2n) is 40.7. The van der Waals surface area contributed by atoms with Gasteiger partial charge in [0.05, 0.1) is 62.8 Å². The van der Waals surface area contributed by atoms with Crippen molar-refractivity contribution in [3.05, 3.63) is 376 Å². The Morgan fingerprint density at radius 1 is 0.279 bits per heavy atom. The van der Waals surface area contributed by atoms with E-state index >= 15 is 0 Å². The second-order valence-corrected chi connectivity index (χ2v) is 40.7. The van der Waals surface area contributed by atoms with E-state index in [1.807, 2.05) is 199 Å². The van der Waals surface area contributed by atoms with E-state index < -0.39 is 0 Å². The predicted molar refractivity (Wildman–Crippen MR) is 573 cm³/mol. The first kappa shape index (κ1) is 97.7. The third kappa shape index (κ3) is 20.5. The van der Waals surface area contributed by atoms with Crippen LogP contribution in [0.15, 0.2) is 287 Å². The number of aryl methyl sites for hydroxylation is 4. The Bertz CT molecular complexity index is 7650. The van der Waals surface area contributed by atoms with Gasteiger partial charge in [-0.25, -0.2) is 0 Å². The van der Waals surface area contributed by atoms with E-state index in [4.69, 9.17) is 18.9 Å². The number of likely N-dealkylation sites (N-methyl/N-ethyl adjacent to an activating group) is 2. The molecule has 147 heavy (non-hydrogen) atoms. The number of carbonyl (C=O) groups excluding carboxylic acids is 4. The first-order valence-corrected chi connectivity index (χ1v) is 51.8. The maximum Gasteiger partial charge on any atom is 0.258 e. The Morgan fingerprint density at radius 3 is 0.803 bits per heavy atom. The smallest absolute Gasteiger partial charge is 0.258 e. The summed E-state index contributed by atoms with van der Waals surface area (Å²) in [5, 5.41) is 4.61. The van der Waals surface area contributed by atoms with E-state index in [1.165, 1.54) is 82.1 Å². The molecule has 0 N–H and O–H groups in total. The molecule has 4 amide bonds. The number of pyridine rings is 4. The van der Waals surface area contributed by atoms with Crippen LogP contribution in [0.2, 0.25) is 0 Å². The number of amides is 4. The highest BCUT2D eigenvalue weighted by atomic mass is 16.5. The van der Waals surface area contributed by atoms with Gasteiger partial charge in [-0.3, -0.25) is 66.4 Å². The Labute approximate surface area is 854 Å². The number of hydrogen-bond donors (Lipinski definition) is 0. The van der Waals surface area contributed by atoms with Crippen LogP contribution in [-0.2, 0) is 126 Å². The number of rotatable bonds is 20. The summed E-state index contributed by atoms with van der Waals surface area (Å²) in [7, 11) is 14.5. The highest BCUT2D eigenvalue weighted by Crippen LogP contribution is 2.40. The molecule has 15 heterocycles. The van der Waals surface area contributed by atoms with Crippen molar-refractivity contribution in [1.82, 2.24) is 70.8 Å². The van der Waals surface area contributed by atoms with E-state index in [1.54, 1.807) is 43.1 Å². The van der Waals surface area contributed by atoms with Crippen LogP contribution in [0, 0.1) is 11.8 Å². The maximum atomic E-state index is 13.2. The molecule has 27 nitrogen and oxygen atoms in total. The number of hydrogen-bond acceptors (Lipinski definition) is 15. The van der Waals surface area contributed by atoms with Crippen molar-refractivity contribution in [2.75, 3.05) is 73.5 Å². The number of fused-ring (bicyclic) bond motifs is 12. The monoisotopic (exact) mass is 1970 g/mol. The van der Waals surface area contributed by atoms with Gasteiger partial charge < -0.3 is 61.7 Å². The fourth-order valence-electron chi connectivity index (χ4n) is 23.3. The van der Waals surface area contributed by atoms with Crippen LogP contribution in [0.3, 0.4) is 0 Å². The lowest BCUT2D eigenvalue weighted by molar-refractivity contribution is -0.137. The molecule has 3 saturated heterocycles. The molecule has 16 aromatic rings. The molecular formula is C120H127N15O12. The van der Waals surface area contributed by atoms with Gasteiger partial charge >= 0.3 is 0 Å². The third-order valence-electron chi connectivity index (χ3n) is 31.5. The number of benzene rings is 8. The number of nitrogens with zero attached hydrogens (tertiary/aromatic N) is 15. The Balaban J connectivity index is 0.000000115. The lowest BCUT2D eigenvalue weighted by Gasteiger charge is -2.32. The van der Waals surface area contributed by atoms with Gasteiger partial charge in [-0.15, -0.1) is 0 Å². The van der Waals surface area contributed by atoms with Crippen molar-refractivity contribution < 1.29 is 38.1 Å². The molecule has 7 aliphatic heterocycles. The molecule has 8 aliphatic rings. The molecule has 1 unspecified atom stereocenters. The molecular weight excluding hydrogens is 1840 g/mol. The second kappa shape index (κ2) is 42.8. The lowest BCUT2D eigenvalue weighted by atomic mass is 10.0. The van der Waals surface area contributed by atoms with Crippen LogP contribution in [0.25, 0.3) is 66.4 Å². The summed E-state index contributed by atoms with van der Waals surface area (Å²) in [5.41, 5.74) is 21.3. The molecule has 8 aromatic carbocycles. The minimum atomic E-state index is -0.138. The van der Waals surface area contributed by atoms with Gasteiger partial charge in [0, 0.05) is 234 Å². The molecule has 1 aliphatic carbocycles. The highest BCUT2D eigenvalue weighted by Gasteiger charge is 2.39. The van der Waals surface area contributed by atoms with Crippen LogP contribution in [0.5, 0.6) is 23.0 Å². The predicted octanol–water partition coefficient (Wildman–Crippen LogP) is 16.5. The standard InChI is InChI=1S/3C30H32N4O3.C30H31N3O3/c2*1-31-14-6-9-27(31)30(36)33-15-13-26-25(19-33)24-11-10-22(17-28(24)32(26)2)34-16-12-23(18-29(34)35)37-20-21-7-4-3-5-8-21;1-31-13-10-22(18-31)30(36)33-14-12-27-26(19-33)25-9-8-23(16-28(25)32(27)2)34-15-11-24(17-29(34)35)37-20-21-6-4-3-5-7-21;1-31-27-14-15-32(30(35)22-9-5-6-10-22)19-26(27)25-12-11-23(17-28(25)31)33-16-13-24(18-29(33)34)36-20-21-7-3-2-4-8-21/h2*3-5,7-8,10-12,16-18,27H,6,9,13-15,19-20H2,1-2H3;3-9,11,15-17,22H,10,12-14,18-20H2,1-2H3;2-4,7-8,11-13,16-18,22H,5-6,9-10,14-15,19-20H2,1H3/t2*27-;;/m10../s1. The van der Waals surface area contributed by atoms with E-state index in [-0.39, 0.29) is 63.9 Å². The number of carbonyl (C=O) groups is 4. The topological polar surface area (TPSA) is 236 Å². The summed E-state index contributed by atoms with van der Waals surface area (Å²) in [6.07, 6.45) is 19.9. The minimum absolute atomic E-state index is 0.00893. The Kier molecular flexibility index (Phi) is 28.4. The molecule has 754 valence electrons. The van der Waals surface area contributed by atoms with E-state index in [9.17, 15) is 38.4 Å². The van der Waals surface area contributed by atoms with Crippen molar-refractivity contribution in [2.24, 2.45) is 40.0 Å². The van der Waals surface area contributed by atoms with Gasteiger partial charge in [0.1, 0.15) is 49.4 Å². The first-order valence-electron chi connectivity index (χ1n) is 51.8. The molecule has 24 rings (SSSR count). The number of aromatic nitrogens is 8. The van der Waals surface area contributed by atoms with Gasteiger partial charge in [0.2, 0.25) is 23.6 Å². The maximum absolute atomic E-state index is 13.2. The molecule has 0 radical (unpaired) electrons. The van der Waals surface area contributed by atoms with Gasteiger partial charge in [-0.1, -0.05) is 158 Å². The van der Waals surface area contributed by atoms with Gasteiger partial charge in [0.25, 0.3) is 22.2 Å². The van der Waals surface area contributed by atoms with E-state index in [0.717, 1.165) is 212 Å². The molecule has 0 spiro atoms. The zero-order chi connectivity index (χ0) is 101. The Hall–Kier alpha value is -15.3. The van der Waals surface area contributed by atoms with Crippen molar-refractivity contribution in [3.8, 4) is 45.7 Å². The first-order chi connectivity index (χ1) is 71.5. The number of likely N-dealkylation sites (tertiary alicyclic amines) is 3. The summed E-state index contributed by atoms with van der Waals surface area (Å²) in [6, 6.07) is 77.7. The van der Waals surface area contributed by atoms with Gasteiger partial charge in [-0.2, -0.15) is 0 Å². The van der Waals surface area contributed by atoms with Crippen LogP contribution in [0.4, 0.5) is 0 Å². The summed E-state index contributed by atoms with van der Waals surface area (Å²) < 4.78 is 38.8. The van der Waals surface area contributed by atoms with Crippen LogP contribution < -0.4 is 41.2 Å². The van der Waals surface area contributed by atoms with Crippen molar-refractivity contribution >= 4 is 67.2 Å². The largest absolute Gasteiger partial charge is 0.489 e. The fourth-order valence-corrected chi connectivity index (χ4v) is 23.3. The zero-order valence-corrected chi connectivity index (χ0v) is 84.8. The molecule has 0 bridgehead atoms. The van der Waals surface area contributed by atoms with Gasteiger partial charge in [0.15, 0.2) is 0 Å². The van der Waals surface area contributed by atoms with Gasteiger partial charge in [-0.05, 0) is 181 Å². The number of ether oxygens (including phenoxy) is 4. The van der Waals surface area contributed by atoms with Crippen LogP contribution in [0.1, 0.15) is 125 Å². The molecule has 1 saturated carbocycles. The minimum Gasteiger partial charge on any atom is -0.489 e. The average Bonchev–Trinajstić information content (AvgIpc) is 1.61. The summed E-state index contributed by atoms with van der Waals surface area (Å²) in [4.78, 5) is 119. The fraction of sp³-hybridized carbons (Fsp3) is 0.333. The SMILES string of the molecule is CN1CCC(C(=O)N2CCc3c(c4ccc(-n5ccc(OCc6ccccc6)cc5=O)cc4n3C)C2)C1.CN1CCC[C@@H]1C(=O)N1CCc2c(c3ccc(-n4ccc(OCc5ccccc5)cc4=O)cc3n2C)C1.CN1CCC[C@H]1C(=O)N1CCc2c(c3ccc(-n4ccc(OCc5ccccc5)cc4=O)cc3n2C)C1.Cn1c2c(c3ccc(-n4ccc(OCc5ccccc5)cc4=O)cc31)CN(C(=O)C1CCCC1)CC2. The summed E-state index contributed by atoms with van der Waals surface area (Å²) >= 11 is 0.